The molecule has 0 unspecified atom stereocenters. The van der Waals surface area contributed by atoms with Crippen LogP contribution < -0.4 is 0 Å². The smallest absolute Gasteiger partial charge is 0.399 e. The molecule has 4 rings (SSSR count). The Morgan fingerprint density at radius 3 is 1.39 bits per heavy atom. The maximum Gasteiger partial charge on any atom is 0.518 e. The van der Waals surface area contributed by atoms with E-state index in [0.717, 1.165) is 85.2 Å². The van der Waals surface area contributed by atoms with Crippen molar-refractivity contribution in [2.24, 2.45) is 0 Å². The van der Waals surface area contributed by atoms with Crippen molar-refractivity contribution in [2.45, 2.75) is 51.4 Å². The van der Waals surface area contributed by atoms with Crippen LogP contribution in [-0.2, 0) is 9.47 Å². The topological polar surface area (TPSA) is 35.5 Å². The van der Waals surface area contributed by atoms with Crippen LogP contribution in [0.4, 0.5) is 4.79 Å². The van der Waals surface area contributed by atoms with E-state index in [2.05, 4.69) is 24.3 Å². The van der Waals surface area contributed by atoms with Gasteiger partial charge in [0.15, 0.2) is 0 Å². The van der Waals surface area contributed by atoms with E-state index in [0.29, 0.717) is 0 Å². The normalized spacial score (nSPS) is 17.4. The largest absolute Gasteiger partial charge is 0.518 e. The molecule has 0 bridgehead atoms. The molecule has 0 spiro atoms. The lowest BCUT2D eigenvalue weighted by Crippen LogP contribution is -2.13. The molecule has 0 N–H and O–H groups in total. The van der Waals surface area contributed by atoms with Gasteiger partial charge < -0.3 is 9.47 Å². The third kappa shape index (κ3) is 4.36. The van der Waals surface area contributed by atoms with E-state index in [-0.39, 0.29) is 0 Å². The van der Waals surface area contributed by atoms with Gasteiger partial charge in [-0.1, -0.05) is 60.7 Å². The van der Waals surface area contributed by atoms with Crippen LogP contribution in [0.3, 0.4) is 0 Å². The number of rotatable bonds is 4. The van der Waals surface area contributed by atoms with E-state index in [1.54, 1.807) is 0 Å². The average molecular weight is 374 g/mol. The van der Waals surface area contributed by atoms with Crippen LogP contribution in [0.2, 0.25) is 0 Å². The van der Waals surface area contributed by atoms with Crippen molar-refractivity contribution in [1.29, 1.82) is 0 Å². The van der Waals surface area contributed by atoms with Gasteiger partial charge in [-0.3, -0.25) is 0 Å². The van der Waals surface area contributed by atoms with E-state index in [1.165, 1.54) is 0 Å². The third-order valence-electron chi connectivity index (χ3n) is 5.49. The molecule has 0 saturated heterocycles. The van der Waals surface area contributed by atoms with Crippen LogP contribution in [0.15, 0.2) is 72.2 Å². The minimum absolute atomic E-state index is 0.601. The number of allylic oxidation sites excluding steroid dienone is 4. The summed E-state index contributed by atoms with van der Waals surface area (Å²) in [6.07, 6.45) is 7.15. The summed E-state index contributed by atoms with van der Waals surface area (Å²) in [5, 5.41) is 0. The standard InChI is InChI=1S/C25H26O3/c26-25(27-23-17-9-7-15-21(23)19-11-3-1-4-12-19)28-24-18-10-8-16-22(24)20-13-5-2-6-14-20/h1-6,11-14H,7-10,15-18H2. The molecule has 0 aromatic heterocycles. The monoisotopic (exact) mass is 374 g/mol. The maximum atomic E-state index is 12.6. The summed E-state index contributed by atoms with van der Waals surface area (Å²) in [5.41, 5.74) is 4.52. The van der Waals surface area contributed by atoms with Crippen LogP contribution in [0.25, 0.3) is 11.1 Å². The molecule has 0 amide bonds. The zero-order valence-electron chi connectivity index (χ0n) is 16.2. The molecule has 0 aliphatic heterocycles. The third-order valence-corrected chi connectivity index (χ3v) is 5.49. The van der Waals surface area contributed by atoms with Crippen molar-refractivity contribution in [1.82, 2.24) is 0 Å². The zero-order valence-corrected chi connectivity index (χ0v) is 16.2. The predicted octanol–water partition coefficient (Wildman–Crippen LogP) is 7.11. The minimum atomic E-state index is -0.601. The van der Waals surface area contributed by atoms with Crippen molar-refractivity contribution in [3.63, 3.8) is 0 Å². The second-order valence-corrected chi connectivity index (χ2v) is 7.40. The van der Waals surface area contributed by atoms with Crippen LogP contribution >= 0.6 is 0 Å². The predicted molar refractivity (Wildman–Crippen MR) is 111 cm³/mol. The number of carbonyl (C=O) groups is 1. The molecule has 0 heterocycles. The van der Waals surface area contributed by atoms with E-state index >= 15 is 0 Å². The lowest BCUT2D eigenvalue weighted by Gasteiger charge is -2.22. The van der Waals surface area contributed by atoms with E-state index in [9.17, 15) is 4.79 Å². The Kier molecular flexibility index (Phi) is 5.91. The molecule has 0 atom stereocenters. The Morgan fingerprint density at radius 2 is 0.964 bits per heavy atom. The summed E-state index contributed by atoms with van der Waals surface area (Å²) in [6.45, 7) is 0. The molecule has 2 aliphatic rings. The Balaban J connectivity index is 1.54. The molecule has 28 heavy (non-hydrogen) atoms. The summed E-state index contributed by atoms with van der Waals surface area (Å²) in [5.74, 6) is 1.53. The van der Waals surface area contributed by atoms with Gasteiger partial charge in [0.25, 0.3) is 0 Å². The Bertz CT molecular complexity index is 805. The zero-order chi connectivity index (χ0) is 19.2. The Morgan fingerprint density at radius 1 is 0.571 bits per heavy atom. The molecule has 2 aromatic rings. The van der Waals surface area contributed by atoms with Crippen LogP contribution in [0.1, 0.15) is 62.5 Å². The minimum Gasteiger partial charge on any atom is -0.399 e. The number of carbonyl (C=O) groups excluding carboxylic acids is 1. The first-order valence-corrected chi connectivity index (χ1v) is 10.3. The summed E-state index contributed by atoms with van der Waals surface area (Å²) >= 11 is 0. The molecule has 3 heteroatoms. The highest BCUT2D eigenvalue weighted by molar-refractivity contribution is 5.74. The number of benzene rings is 2. The first-order chi connectivity index (χ1) is 13.8. The SMILES string of the molecule is O=C(OC1=C(c2ccccc2)CCCC1)OC1=C(c2ccccc2)CCCC1. The lowest BCUT2D eigenvalue weighted by molar-refractivity contribution is 0.0959. The highest BCUT2D eigenvalue weighted by atomic mass is 16.7. The van der Waals surface area contributed by atoms with Gasteiger partial charge in [0.2, 0.25) is 0 Å². The van der Waals surface area contributed by atoms with Gasteiger partial charge in [0, 0.05) is 12.8 Å². The Labute approximate surface area is 166 Å². The maximum absolute atomic E-state index is 12.6. The summed E-state index contributed by atoms with van der Waals surface area (Å²) in [7, 11) is 0. The Hall–Kier alpha value is -2.81. The number of hydrogen-bond donors (Lipinski definition) is 0. The average Bonchev–Trinajstić information content (AvgIpc) is 2.76. The molecular formula is C25H26O3. The van der Waals surface area contributed by atoms with Gasteiger partial charge in [-0.05, 0) is 60.8 Å². The molecule has 3 nitrogen and oxygen atoms in total. The van der Waals surface area contributed by atoms with Crippen LogP contribution in [0, 0.1) is 0 Å². The summed E-state index contributed by atoms with van der Waals surface area (Å²) in [4.78, 5) is 12.6. The molecule has 0 radical (unpaired) electrons. The van der Waals surface area contributed by atoms with Crippen molar-refractivity contribution in [3.05, 3.63) is 83.3 Å². The molecule has 144 valence electrons. The highest BCUT2D eigenvalue weighted by Crippen LogP contribution is 2.35. The van der Waals surface area contributed by atoms with Gasteiger partial charge in [0.1, 0.15) is 11.5 Å². The number of ether oxygens (including phenoxy) is 2. The van der Waals surface area contributed by atoms with E-state index in [4.69, 9.17) is 9.47 Å². The first kappa shape index (κ1) is 18.5. The highest BCUT2D eigenvalue weighted by Gasteiger charge is 2.22. The van der Waals surface area contributed by atoms with Gasteiger partial charge in [0.05, 0.1) is 0 Å². The second kappa shape index (κ2) is 8.92. The van der Waals surface area contributed by atoms with Crippen molar-refractivity contribution < 1.29 is 14.3 Å². The molecule has 0 saturated carbocycles. The van der Waals surface area contributed by atoms with E-state index in [1.807, 2.05) is 36.4 Å². The van der Waals surface area contributed by atoms with Crippen molar-refractivity contribution >= 4 is 17.3 Å². The van der Waals surface area contributed by atoms with Crippen LogP contribution in [0.5, 0.6) is 0 Å². The lowest BCUT2D eigenvalue weighted by atomic mass is 9.92. The first-order valence-electron chi connectivity index (χ1n) is 10.3. The van der Waals surface area contributed by atoms with E-state index < -0.39 is 6.16 Å². The second-order valence-electron chi connectivity index (χ2n) is 7.40. The summed E-state index contributed by atoms with van der Waals surface area (Å²) in [6, 6.07) is 20.4. The molecular weight excluding hydrogens is 348 g/mol. The molecule has 0 fully saturated rings. The van der Waals surface area contributed by atoms with Crippen LogP contribution in [-0.4, -0.2) is 6.16 Å². The molecule has 2 aromatic carbocycles. The van der Waals surface area contributed by atoms with Crippen molar-refractivity contribution in [3.8, 4) is 0 Å². The van der Waals surface area contributed by atoms with Gasteiger partial charge in [-0.15, -0.1) is 0 Å². The van der Waals surface area contributed by atoms with Gasteiger partial charge in [-0.25, -0.2) is 4.79 Å². The van der Waals surface area contributed by atoms with Gasteiger partial charge >= 0.3 is 6.16 Å². The number of hydrogen-bond acceptors (Lipinski definition) is 3. The summed E-state index contributed by atoms with van der Waals surface area (Å²) < 4.78 is 11.5. The fourth-order valence-corrected chi connectivity index (χ4v) is 4.09. The molecule has 2 aliphatic carbocycles. The van der Waals surface area contributed by atoms with Crippen molar-refractivity contribution in [2.75, 3.05) is 0 Å². The van der Waals surface area contributed by atoms with Gasteiger partial charge in [-0.2, -0.15) is 0 Å². The fraction of sp³-hybridized carbons (Fsp3) is 0.320. The quantitative estimate of drug-likeness (QED) is 0.535. The fourth-order valence-electron chi connectivity index (χ4n) is 4.09.